The predicted octanol–water partition coefficient (Wildman–Crippen LogP) is -0.888. The zero-order valence-electron chi connectivity index (χ0n) is 14.0. The van der Waals surface area contributed by atoms with E-state index in [2.05, 4.69) is 5.32 Å². The van der Waals surface area contributed by atoms with Gasteiger partial charge in [0.15, 0.2) is 9.84 Å². The molecule has 1 aliphatic heterocycles. The number of nitrogens with one attached hydrogen (secondary N) is 1. The van der Waals surface area contributed by atoms with Crippen molar-refractivity contribution in [1.82, 2.24) is 10.2 Å². The molecule has 1 atom stereocenters. The summed E-state index contributed by atoms with van der Waals surface area (Å²) in [5.74, 6) is 0.110. The third-order valence-electron chi connectivity index (χ3n) is 4.21. The number of rotatable bonds is 7. The number of likely N-dealkylation sites (N-methyl/N-ethyl adjacent to an activating group) is 1. The Hall–Kier alpha value is -1.49. The topological polar surface area (TPSA) is 127 Å². The Kier molecular flexibility index (Phi) is 6.20. The van der Waals surface area contributed by atoms with Crippen LogP contribution in [0, 0.1) is 0 Å². The van der Waals surface area contributed by atoms with Crippen molar-refractivity contribution in [1.29, 1.82) is 0 Å². The summed E-state index contributed by atoms with van der Waals surface area (Å²) in [6.45, 7) is 0.550. The summed E-state index contributed by atoms with van der Waals surface area (Å²) >= 11 is 0. The highest BCUT2D eigenvalue weighted by molar-refractivity contribution is 7.91. The first kappa shape index (κ1) is 19.8. The van der Waals surface area contributed by atoms with Crippen molar-refractivity contribution in [2.75, 3.05) is 31.6 Å². The van der Waals surface area contributed by atoms with E-state index < -0.39 is 19.9 Å². The summed E-state index contributed by atoms with van der Waals surface area (Å²) in [7, 11) is -4.92. The predicted molar refractivity (Wildman–Crippen MR) is 94.2 cm³/mol. The maximum absolute atomic E-state index is 11.9. The van der Waals surface area contributed by atoms with E-state index in [0.717, 1.165) is 5.56 Å². The Balaban J connectivity index is 1.75. The van der Waals surface area contributed by atoms with E-state index in [1.807, 2.05) is 0 Å². The van der Waals surface area contributed by atoms with Gasteiger partial charge in [-0.25, -0.2) is 22.0 Å². The number of carbonyl (C=O) groups excluding carboxylic acids is 1. The average Bonchev–Trinajstić information content (AvgIpc) is 2.87. The first-order chi connectivity index (χ1) is 11.6. The third kappa shape index (κ3) is 6.07. The number of amides is 1. The van der Waals surface area contributed by atoms with Gasteiger partial charge in [0.1, 0.15) is 0 Å². The average molecular weight is 389 g/mol. The van der Waals surface area contributed by atoms with Crippen molar-refractivity contribution >= 4 is 25.8 Å². The molecule has 0 saturated carbocycles. The lowest BCUT2D eigenvalue weighted by Crippen LogP contribution is -2.41. The number of sulfonamides is 1. The van der Waals surface area contributed by atoms with Crippen molar-refractivity contribution in [3.8, 4) is 0 Å². The minimum absolute atomic E-state index is 0.0495. The normalized spacial score (nSPS) is 19.9. The molecule has 1 unspecified atom stereocenters. The van der Waals surface area contributed by atoms with Gasteiger partial charge < -0.3 is 5.32 Å². The SMILES string of the molecule is CN(CC(=O)NCCc1ccc(S(N)(=O)=O)cc1)C1CCS(=O)(=O)C1. The summed E-state index contributed by atoms with van der Waals surface area (Å²) < 4.78 is 45.3. The van der Waals surface area contributed by atoms with Gasteiger partial charge in [-0.1, -0.05) is 12.1 Å². The maximum atomic E-state index is 11.9. The highest BCUT2D eigenvalue weighted by Gasteiger charge is 2.31. The van der Waals surface area contributed by atoms with Gasteiger partial charge in [-0.15, -0.1) is 0 Å². The Bertz CT molecular complexity index is 819. The molecule has 10 heteroatoms. The second-order valence-corrected chi connectivity index (χ2v) is 10.1. The molecule has 0 bridgehead atoms. The largest absolute Gasteiger partial charge is 0.355 e. The monoisotopic (exact) mass is 389 g/mol. The summed E-state index contributed by atoms with van der Waals surface area (Å²) in [6, 6.07) is 6.06. The fourth-order valence-corrected chi connectivity index (χ4v) is 5.05. The van der Waals surface area contributed by atoms with E-state index in [9.17, 15) is 21.6 Å². The van der Waals surface area contributed by atoms with Crippen LogP contribution in [0.1, 0.15) is 12.0 Å². The standard InChI is InChI=1S/C15H23N3O5S2/c1-18(13-7-9-24(20,21)11-13)10-15(19)17-8-6-12-2-4-14(5-3-12)25(16,22)23/h2-5,13H,6-11H2,1H3,(H,17,19)(H2,16,22,23). The zero-order valence-corrected chi connectivity index (χ0v) is 15.6. The molecule has 2 rings (SSSR count). The van der Waals surface area contributed by atoms with Gasteiger partial charge in [-0.2, -0.15) is 0 Å². The van der Waals surface area contributed by atoms with Crippen LogP contribution in [-0.2, 0) is 31.1 Å². The van der Waals surface area contributed by atoms with Gasteiger partial charge in [0.2, 0.25) is 15.9 Å². The molecule has 1 aromatic carbocycles. The molecule has 1 aliphatic rings. The van der Waals surface area contributed by atoms with Crippen molar-refractivity contribution in [3.63, 3.8) is 0 Å². The van der Waals surface area contributed by atoms with Gasteiger partial charge >= 0.3 is 0 Å². The zero-order chi connectivity index (χ0) is 18.7. The molecule has 25 heavy (non-hydrogen) atoms. The summed E-state index contributed by atoms with van der Waals surface area (Å²) in [6.07, 6.45) is 1.11. The Morgan fingerprint density at radius 3 is 2.48 bits per heavy atom. The van der Waals surface area contributed by atoms with E-state index in [0.29, 0.717) is 19.4 Å². The van der Waals surface area contributed by atoms with E-state index >= 15 is 0 Å². The first-order valence-corrected chi connectivity index (χ1v) is 11.2. The number of carbonyl (C=O) groups is 1. The highest BCUT2D eigenvalue weighted by Crippen LogP contribution is 2.16. The Morgan fingerprint density at radius 1 is 1.32 bits per heavy atom. The van der Waals surface area contributed by atoms with Gasteiger partial charge in [-0.05, 0) is 37.6 Å². The van der Waals surface area contributed by atoms with Crippen LogP contribution in [0.15, 0.2) is 29.2 Å². The van der Waals surface area contributed by atoms with Crippen LogP contribution >= 0.6 is 0 Å². The molecular weight excluding hydrogens is 366 g/mol. The first-order valence-electron chi connectivity index (χ1n) is 7.86. The van der Waals surface area contributed by atoms with Crippen LogP contribution in [0.2, 0.25) is 0 Å². The van der Waals surface area contributed by atoms with E-state index in [1.165, 1.54) is 12.1 Å². The number of primary sulfonamides is 1. The molecule has 0 aliphatic carbocycles. The highest BCUT2D eigenvalue weighted by atomic mass is 32.2. The van der Waals surface area contributed by atoms with Crippen molar-refractivity contribution in [2.24, 2.45) is 5.14 Å². The van der Waals surface area contributed by atoms with Crippen molar-refractivity contribution in [2.45, 2.75) is 23.8 Å². The smallest absolute Gasteiger partial charge is 0.238 e. The van der Waals surface area contributed by atoms with Crippen LogP contribution in [-0.4, -0.2) is 65.3 Å². The minimum atomic E-state index is -3.70. The number of hydrogen-bond donors (Lipinski definition) is 2. The molecule has 3 N–H and O–H groups in total. The summed E-state index contributed by atoms with van der Waals surface area (Å²) in [5.41, 5.74) is 0.878. The molecule has 1 amide bonds. The minimum Gasteiger partial charge on any atom is -0.355 e. The quantitative estimate of drug-likeness (QED) is 0.623. The lowest BCUT2D eigenvalue weighted by molar-refractivity contribution is -0.122. The van der Waals surface area contributed by atoms with Gasteiger partial charge in [0, 0.05) is 12.6 Å². The number of hydrogen-bond acceptors (Lipinski definition) is 6. The van der Waals surface area contributed by atoms with Crippen molar-refractivity contribution < 1.29 is 21.6 Å². The molecule has 1 fully saturated rings. The second-order valence-electron chi connectivity index (χ2n) is 6.26. The number of nitrogens with two attached hydrogens (primary N) is 1. The Labute approximate surface area is 148 Å². The number of benzene rings is 1. The van der Waals surface area contributed by atoms with E-state index in [-0.39, 0.29) is 34.9 Å². The summed E-state index contributed by atoms with van der Waals surface area (Å²) in [5, 5.41) is 7.81. The van der Waals surface area contributed by atoms with Crippen LogP contribution in [0.3, 0.4) is 0 Å². The molecule has 8 nitrogen and oxygen atoms in total. The lowest BCUT2D eigenvalue weighted by Gasteiger charge is -2.22. The van der Waals surface area contributed by atoms with Crippen LogP contribution < -0.4 is 10.5 Å². The molecule has 0 aromatic heterocycles. The molecule has 1 saturated heterocycles. The molecule has 140 valence electrons. The summed E-state index contributed by atoms with van der Waals surface area (Å²) in [4.78, 5) is 13.8. The van der Waals surface area contributed by atoms with E-state index in [1.54, 1.807) is 24.1 Å². The number of sulfone groups is 1. The van der Waals surface area contributed by atoms with Crippen LogP contribution in [0.25, 0.3) is 0 Å². The van der Waals surface area contributed by atoms with Gasteiger partial charge in [-0.3, -0.25) is 9.69 Å². The molecule has 0 spiro atoms. The maximum Gasteiger partial charge on any atom is 0.238 e. The molecule has 0 radical (unpaired) electrons. The fraction of sp³-hybridized carbons (Fsp3) is 0.533. The van der Waals surface area contributed by atoms with E-state index in [4.69, 9.17) is 5.14 Å². The number of nitrogens with zero attached hydrogens (tertiary/aromatic N) is 1. The second kappa shape index (κ2) is 7.81. The fourth-order valence-electron chi connectivity index (χ4n) is 2.73. The molecule has 1 heterocycles. The van der Waals surface area contributed by atoms with Gasteiger partial charge in [0.05, 0.1) is 22.9 Å². The lowest BCUT2D eigenvalue weighted by atomic mass is 10.1. The molecule has 1 aromatic rings. The van der Waals surface area contributed by atoms with Crippen LogP contribution in [0.4, 0.5) is 0 Å². The molecular formula is C15H23N3O5S2. The third-order valence-corrected chi connectivity index (χ3v) is 6.89. The van der Waals surface area contributed by atoms with Gasteiger partial charge in [0.25, 0.3) is 0 Å². The Morgan fingerprint density at radius 2 is 1.96 bits per heavy atom. The van der Waals surface area contributed by atoms with Crippen molar-refractivity contribution in [3.05, 3.63) is 29.8 Å². The van der Waals surface area contributed by atoms with Crippen LogP contribution in [0.5, 0.6) is 0 Å².